The molecule has 1 amide bonds. The molecule has 1 fully saturated rings. The van der Waals surface area contributed by atoms with Crippen LogP contribution in [0.2, 0.25) is 0 Å². The van der Waals surface area contributed by atoms with Gasteiger partial charge in [-0.3, -0.25) is 9.52 Å². The van der Waals surface area contributed by atoms with Gasteiger partial charge in [-0.1, -0.05) is 43.2 Å². The molecule has 0 heterocycles. The quantitative estimate of drug-likeness (QED) is 0.875. The minimum absolute atomic E-state index is 0.0482. The van der Waals surface area contributed by atoms with E-state index in [1.807, 2.05) is 30.3 Å². The van der Waals surface area contributed by atoms with Crippen molar-refractivity contribution < 1.29 is 13.2 Å². The van der Waals surface area contributed by atoms with Crippen LogP contribution in [0.4, 0.5) is 0 Å². The number of carbonyl (C=O) groups is 1. The summed E-state index contributed by atoms with van der Waals surface area (Å²) in [6.45, 7) is 0. The molecular formula is C15H21NO3S. The first kappa shape index (κ1) is 15.0. The molecule has 1 aromatic rings. The van der Waals surface area contributed by atoms with Crippen LogP contribution >= 0.6 is 0 Å². The van der Waals surface area contributed by atoms with E-state index in [1.165, 1.54) is 0 Å². The molecule has 1 N–H and O–H groups in total. The van der Waals surface area contributed by atoms with Crippen molar-refractivity contribution in [2.75, 3.05) is 5.75 Å². The Bertz CT molecular complexity index is 533. The van der Waals surface area contributed by atoms with Crippen LogP contribution < -0.4 is 4.72 Å². The van der Waals surface area contributed by atoms with E-state index < -0.39 is 10.0 Å². The van der Waals surface area contributed by atoms with Gasteiger partial charge < -0.3 is 0 Å². The SMILES string of the molecule is O=C(CC1CCCC1)NS(=O)(=O)CCc1ccccc1. The second-order valence-electron chi connectivity index (χ2n) is 5.43. The Morgan fingerprint density at radius 3 is 2.45 bits per heavy atom. The number of hydrogen-bond donors (Lipinski definition) is 1. The van der Waals surface area contributed by atoms with Gasteiger partial charge >= 0.3 is 0 Å². The van der Waals surface area contributed by atoms with Crippen LogP contribution in [-0.2, 0) is 21.2 Å². The first-order valence-corrected chi connectivity index (χ1v) is 8.78. The van der Waals surface area contributed by atoms with E-state index in [0.29, 0.717) is 18.8 Å². The fourth-order valence-corrected chi connectivity index (χ4v) is 3.68. The Hall–Kier alpha value is -1.36. The van der Waals surface area contributed by atoms with Crippen molar-refractivity contribution in [3.63, 3.8) is 0 Å². The molecule has 0 saturated heterocycles. The van der Waals surface area contributed by atoms with E-state index in [1.54, 1.807) is 0 Å². The maximum Gasteiger partial charge on any atom is 0.235 e. The fourth-order valence-electron chi connectivity index (χ4n) is 2.64. The van der Waals surface area contributed by atoms with Crippen LogP contribution in [0.25, 0.3) is 0 Å². The van der Waals surface area contributed by atoms with E-state index in [-0.39, 0.29) is 11.7 Å². The summed E-state index contributed by atoms with van der Waals surface area (Å²) in [4.78, 5) is 11.7. The molecule has 0 bridgehead atoms. The zero-order chi connectivity index (χ0) is 14.4. The predicted molar refractivity (Wildman–Crippen MR) is 78.7 cm³/mol. The van der Waals surface area contributed by atoms with Crippen LogP contribution in [0.15, 0.2) is 30.3 Å². The number of sulfonamides is 1. The molecule has 0 aliphatic heterocycles. The van der Waals surface area contributed by atoms with Crippen molar-refractivity contribution in [3.8, 4) is 0 Å². The molecule has 1 saturated carbocycles. The van der Waals surface area contributed by atoms with Gasteiger partial charge in [0.15, 0.2) is 0 Å². The average Bonchev–Trinajstić information content (AvgIpc) is 2.90. The smallest absolute Gasteiger partial charge is 0.235 e. The maximum atomic E-state index is 11.9. The Morgan fingerprint density at radius 2 is 1.80 bits per heavy atom. The molecule has 0 spiro atoms. The van der Waals surface area contributed by atoms with Crippen molar-refractivity contribution in [3.05, 3.63) is 35.9 Å². The van der Waals surface area contributed by atoms with Crippen LogP contribution in [0.1, 0.15) is 37.7 Å². The third kappa shape index (κ3) is 4.96. The van der Waals surface area contributed by atoms with Crippen molar-refractivity contribution >= 4 is 15.9 Å². The summed E-state index contributed by atoms with van der Waals surface area (Å²) in [5, 5.41) is 0. The minimum atomic E-state index is -3.52. The van der Waals surface area contributed by atoms with Gasteiger partial charge in [-0.05, 0) is 30.7 Å². The Morgan fingerprint density at radius 1 is 1.15 bits per heavy atom. The van der Waals surface area contributed by atoms with Crippen molar-refractivity contribution in [1.29, 1.82) is 0 Å². The molecule has 1 aromatic carbocycles. The Kier molecular flexibility index (Phi) is 5.17. The second kappa shape index (κ2) is 6.88. The van der Waals surface area contributed by atoms with E-state index >= 15 is 0 Å². The summed E-state index contributed by atoms with van der Waals surface area (Å²) < 4.78 is 25.9. The zero-order valence-corrected chi connectivity index (χ0v) is 12.4. The molecule has 1 aliphatic carbocycles. The molecular weight excluding hydrogens is 274 g/mol. The second-order valence-corrected chi connectivity index (χ2v) is 7.28. The Balaban J connectivity index is 1.79. The third-order valence-corrected chi connectivity index (χ3v) is 5.00. The summed E-state index contributed by atoms with van der Waals surface area (Å²) in [6.07, 6.45) is 5.14. The maximum absolute atomic E-state index is 11.9. The summed E-state index contributed by atoms with van der Waals surface area (Å²) in [5.74, 6) is -0.0442. The molecule has 110 valence electrons. The number of nitrogens with one attached hydrogen (secondary N) is 1. The van der Waals surface area contributed by atoms with E-state index in [9.17, 15) is 13.2 Å². The average molecular weight is 295 g/mol. The highest BCUT2D eigenvalue weighted by molar-refractivity contribution is 7.90. The first-order chi connectivity index (χ1) is 9.55. The van der Waals surface area contributed by atoms with Crippen molar-refractivity contribution in [2.45, 2.75) is 38.5 Å². The summed E-state index contributed by atoms with van der Waals surface area (Å²) >= 11 is 0. The van der Waals surface area contributed by atoms with Crippen LogP contribution in [0.3, 0.4) is 0 Å². The number of rotatable bonds is 6. The van der Waals surface area contributed by atoms with Crippen LogP contribution in [-0.4, -0.2) is 20.1 Å². The van der Waals surface area contributed by atoms with Crippen LogP contribution in [0, 0.1) is 5.92 Å². The lowest BCUT2D eigenvalue weighted by atomic mass is 10.0. The molecule has 4 nitrogen and oxygen atoms in total. The monoisotopic (exact) mass is 295 g/mol. The van der Waals surface area contributed by atoms with E-state index in [2.05, 4.69) is 4.72 Å². The minimum Gasteiger partial charge on any atom is -0.274 e. The molecule has 0 atom stereocenters. The lowest BCUT2D eigenvalue weighted by molar-refractivity contribution is -0.120. The van der Waals surface area contributed by atoms with Gasteiger partial charge in [-0.25, -0.2) is 8.42 Å². The van der Waals surface area contributed by atoms with E-state index in [0.717, 1.165) is 31.2 Å². The number of hydrogen-bond acceptors (Lipinski definition) is 3. The Labute approximate surface area is 120 Å². The van der Waals surface area contributed by atoms with Gasteiger partial charge in [0.05, 0.1) is 5.75 Å². The molecule has 2 rings (SSSR count). The van der Waals surface area contributed by atoms with Gasteiger partial charge in [-0.2, -0.15) is 0 Å². The van der Waals surface area contributed by atoms with Gasteiger partial charge in [0.25, 0.3) is 0 Å². The zero-order valence-electron chi connectivity index (χ0n) is 11.5. The highest BCUT2D eigenvalue weighted by Crippen LogP contribution is 2.27. The number of aryl methyl sites for hydroxylation is 1. The molecule has 5 heteroatoms. The molecule has 20 heavy (non-hydrogen) atoms. The molecule has 0 radical (unpaired) electrons. The fraction of sp³-hybridized carbons (Fsp3) is 0.533. The summed E-state index contributed by atoms with van der Waals surface area (Å²) in [7, 11) is -3.52. The number of carbonyl (C=O) groups excluding carboxylic acids is 1. The number of amides is 1. The summed E-state index contributed by atoms with van der Waals surface area (Å²) in [6, 6.07) is 9.41. The third-order valence-electron chi connectivity index (χ3n) is 3.72. The first-order valence-electron chi connectivity index (χ1n) is 7.12. The van der Waals surface area contributed by atoms with Gasteiger partial charge in [0.1, 0.15) is 0 Å². The van der Waals surface area contributed by atoms with E-state index in [4.69, 9.17) is 0 Å². The standard InChI is InChI=1S/C15H21NO3S/c17-15(12-14-8-4-5-9-14)16-20(18,19)11-10-13-6-2-1-3-7-13/h1-3,6-7,14H,4-5,8-12H2,(H,16,17). The number of benzene rings is 1. The van der Waals surface area contributed by atoms with Crippen LogP contribution in [0.5, 0.6) is 0 Å². The van der Waals surface area contributed by atoms with Crippen molar-refractivity contribution in [2.24, 2.45) is 5.92 Å². The van der Waals surface area contributed by atoms with Crippen molar-refractivity contribution in [1.82, 2.24) is 4.72 Å². The van der Waals surface area contributed by atoms with Gasteiger partial charge in [0.2, 0.25) is 15.9 Å². The molecule has 0 aromatic heterocycles. The van der Waals surface area contributed by atoms with Gasteiger partial charge in [0, 0.05) is 6.42 Å². The normalized spacial score (nSPS) is 16.2. The summed E-state index contributed by atoms with van der Waals surface area (Å²) in [5.41, 5.74) is 0.959. The highest BCUT2D eigenvalue weighted by Gasteiger charge is 2.21. The highest BCUT2D eigenvalue weighted by atomic mass is 32.2. The predicted octanol–water partition coefficient (Wildman–Crippen LogP) is 2.26. The lowest BCUT2D eigenvalue weighted by Crippen LogP contribution is -2.34. The van der Waals surface area contributed by atoms with Gasteiger partial charge in [-0.15, -0.1) is 0 Å². The molecule has 1 aliphatic rings. The molecule has 0 unspecified atom stereocenters. The lowest BCUT2D eigenvalue weighted by Gasteiger charge is -2.10. The topological polar surface area (TPSA) is 63.2 Å². The largest absolute Gasteiger partial charge is 0.274 e.